The monoisotopic (exact) mass is 856 g/mol. The van der Waals surface area contributed by atoms with E-state index in [1.807, 2.05) is 72.8 Å². The van der Waals surface area contributed by atoms with Crippen LogP contribution in [-0.4, -0.2) is 19.9 Å². The average molecular weight is 857 g/mol. The van der Waals surface area contributed by atoms with Crippen LogP contribution in [-0.2, 0) is 0 Å². The lowest BCUT2D eigenvalue weighted by Crippen LogP contribution is -1.96. The summed E-state index contributed by atoms with van der Waals surface area (Å²) < 4.78 is 6.59. The van der Waals surface area contributed by atoms with Crippen molar-refractivity contribution in [3.63, 3.8) is 0 Å². The molecule has 0 radical (unpaired) electrons. The molecule has 5 nitrogen and oxygen atoms in total. The number of hydrogen-bond donors (Lipinski definition) is 0. The Kier molecular flexibility index (Phi) is 10.1. The normalized spacial score (nSPS) is 11.3. The van der Waals surface area contributed by atoms with Gasteiger partial charge in [0, 0.05) is 44.2 Å². The minimum absolute atomic E-state index is 0.681. The van der Waals surface area contributed by atoms with Gasteiger partial charge in [-0.25, -0.2) is 19.9 Å². The molecule has 0 saturated carbocycles. The molecule has 5 heteroatoms. The zero-order valence-corrected chi connectivity index (χ0v) is 36.3. The summed E-state index contributed by atoms with van der Waals surface area (Å²) in [6.07, 6.45) is 0. The van der Waals surface area contributed by atoms with Gasteiger partial charge < -0.3 is 4.42 Å². The van der Waals surface area contributed by atoms with Gasteiger partial charge in [-0.1, -0.05) is 206 Å². The molecule has 67 heavy (non-hydrogen) atoms. The highest BCUT2D eigenvalue weighted by molar-refractivity contribution is 6.13. The Labute approximate surface area is 388 Å². The zero-order chi connectivity index (χ0) is 44.5. The highest BCUT2D eigenvalue weighted by atomic mass is 16.3. The van der Waals surface area contributed by atoms with E-state index in [2.05, 4.69) is 170 Å². The van der Waals surface area contributed by atoms with Gasteiger partial charge in [0.15, 0.2) is 11.6 Å². The Morgan fingerprint density at radius 2 is 0.642 bits per heavy atom. The largest absolute Gasteiger partial charge is 0.456 e. The molecule has 0 amide bonds. The average Bonchev–Trinajstić information content (AvgIpc) is 3.80. The fourth-order valence-corrected chi connectivity index (χ4v) is 8.92. The van der Waals surface area contributed by atoms with Crippen LogP contribution in [0.4, 0.5) is 0 Å². The van der Waals surface area contributed by atoms with Crippen LogP contribution in [0.2, 0.25) is 0 Å². The zero-order valence-electron chi connectivity index (χ0n) is 36.3. The number of para-hydroxylation sites is 1. The fourth-order valence-electron chi connectivity index (χ4n) is 8.92. The molecule has 0 atom stereocenters. The molecular weight excluding hydrogens is 817 g/mol. The third-order valence-corrected chi connectivity index (χ3v) is 12.3. The summed E-state index contributed by atoms with van der Waals surface area (Å²) >= 11 is 0. The highest BCUT2D eigenvalue weighted by Crippen LogP contribution is 2.41. The van der Waals surface area contributed by atoms with Crippen molar-refractivity contribution in [3.8, 4) is 101 Å². The SMILES string of the molecule is c1ccc(-c2cccc(-c3cc(-c4ccc(-c5cc(-c6ccc(-c7cc(-c8ccccc8)nc(-c8ccccc8)n7)cc6)cc6oc7ccccc7c56)cc4)nc(-c4ccccc4)n3)c2)cc1. The van der Waals surface area contributed by atoms with Gasteiger partial charge >= 0.3 is 0 Å². The number of benzene rings is 9. The van der Waals surface area contributed by atoms with Crippen LogP contribution in [0.3, 0.4) is 0 Å². The summed E-state index contributed by atoms with van der Waals surface area (Å²) in [5.41, 5.74) is 17.8. The van der Waals surface area contributed by atoms with E-state index in [1.165, 1.54) is 0 Å². The van der Waals surface area contributed by atoms with Crippen molar-refractivity contribution in [2.45, 2.75) is 0 Å². The standard InChI is InChI=1S/C62H40N4O/c1-5-16-41(17-6-1)49-24-15-25-50(36-49)57-40-56(65-62(66-57)48-22-11-4-12-23-48)46-34-30-43(31-35-46)53-37-51(38-59-60(53)52-26-13-14-27-58(52)67-59)42-28-32-45(33-29-42)55-39-54(44-18-7-2-8-19-44)63-61(64-55)47-20-9-3-10-21-47/h1-40H. The van der Waals surface area contributed by atoms with Crippen LogP contribution in [0.1, 0.15) is 0 Å². The topological polar surface area (TPSA) is 64.7 Å². The first-order valence-electron chi connectivity index (χ1n) is 22.4. The Bertz CT molecular complexity index is 3640. The number of fused-ring (bicyclic) bond motifs is 3. The summed E-state index contributed by atoms with van der Waals surface area (Å²) in [5.74, 6) is 1.37. The summed E-state index contributed by atoms with van der Waals surface area (Å²) in [6.45, 7) is 0. The number of furan rings is 1. The third-order valence-electron chi connectivity index (χ3n) is 12.3. The fraction of sp³-hybridized carbons (Fsp3) is 0. The van der Waals surface area contributed by atoms with Gasteiger partial charge in [-0.15, -0.1) is 0 Å². The Morgan fingerprint density at radius 1 is 0.239 bits per heavy atom. The van der Waals surface area contributed by atoms with Gasteiger partial charge in [0.05, 0.1) is 22.8 Å². The van der Waals surface area contributed by atoms with E-state index in [1.54, 1.807) is 0 Å². The maximum absolute atomic E-state index is 6.59. The summed E-state index contributed by atoms with van der Waals surface area (Å²) in [4.78, 5) is 20.3. The predicted molar refractivity (Wildman–Crippen MR) is 274 cm³/mol. The van der Waals surface area contributed by atoms with Crippen molar-refractivity contribution < 1.29 is 4.42 Å². The minimum Gasteiger partial charge on any atom is -0.456 e. The molecule has 0 aliphatic heterocycles. The van der Waals surface area contributed by atoms with Crippen molar-refractivity contribution in [2.75, 3.05) is 0 Å². The number of aromatic nitrogens is 4. The van der Waals surface area contributed by atoms with E-state index in [-0.39, 0.29) is 0 Å². The molecule has 0 fully saturated rings. The van der Waals surface area contributed by atoms with Gasteiger partial charge in [-0.3, -0.25) is 0 Å². The molecule has 0 spiro atoms. The van der Waals surface area contributed by atoms with Crippen LogP contribution < -0.4 is 0 Å². The molecule has 12 rings (SSSR count). The van der Waals surface area contributed by atoms with E-state index < -0.39 is 0 Å². The van der Waals surface area contributed by atoms with Crippen LogP contribution in [0, 0.1) is 0 Å². The second-order valence-corrected chi connectivity index (χ2v) is 16.6. The lowest BCUT2D eigenvalue weighted by molar-refractivity contribution is 0.669. The van der Waals surface area contributed by atoms with E-state index in [0.29, 0.717) is 11.6 Å². The highest BCUT2D eigenvalue weighted by Gasteiger charge is 2.18. The second kappa shape index (κ2) is 17.1. The number of hydrogen-bond acceptors (Lipinski definition) is 5. The Balaban J connectivity index is 0.930. The van der Waals surface area contributed by atoms with E-state index in [0.717, 1.165) is 111 Å². The van der Waals surface area contributed by atoms with Gasteiger partial charge in [0.2, 0.25) is 0 Å². The maximum Gasteiger partial charge on any atom is 0.160 e. The van der Waals surface area contributed by atoms with Gasteiger partial charge in [0.1, 0.15) is 11.2 Å². The first-order valence-corrected chi connectivity index (χ1v) is 22.4. The molecule has 12 aromatic rings. The van der Waals surface area contributed by atoms with Crippen LogP contribution in [0.5, 0.6) is 0 Å². The minimum atomic E-state index is 0.681. The Hall–Kier alpha value is -9.06. The predicted octanol–water partition coefficient (Wildman–Crippen LogP) is 16.2. The van der Waals surface area contributed by atoms with Crippen LogP contribution >= 0.6 is 0 Å². The summed E-state index contributed by atoms with van der Waals surface area (Å²) in [6, 6.07) is 83.9. The van der Waals surface area contributed by atoms with E-state index in [9.17, 15) is 0 Å². The summed E-state index contributed by atoms with van der Waals surface area (Å²) in [5, 5.41) is 2.16. The molecule has 314 valence electrons. The molecular formula is C62H40N4O. The first-order chi connectivity index (χ1) is 33.2. The lowest BCUT2D eigenvalue weighted by atomic mass is 9.93. The molecule has 0 aliphatic carbocycles. The van der Waals surface area contributed by atoms with Crippen molar-refractivity contribution in [2.24, 2.45) is 0 Å². The van der Waals surface area contributed by atoms with E-state index >= 15 is 0 Å². The number of rotatable bonds is 9. The smallest absolute Gasteiger partial charge is 0.160 e. The quantitative estimate of drug-likeness (QED) is 0.145. The molecule has 3 heterocycles. The van der Waals surface area contributed by atoms with Crippen molar-refractivity contribution in [1.82, 2.24) is 19.9 Å². The number of nitrogens with zero attached hydrogens (tertiary/aromatic N) is 4. The van der Waals surface area contributed by atoms with Gasteiger partial charge in [-0.2, -0.15) is 0 Å². The third kappa shape index (κ3) is 7.85. The van der Waals surface area contributed by atoms with Crippen LogP contribution in [0.15, 0.2) is 247 Å². The van der Waals surface area contributed by atoms with Crippen LogP contribution in [0.25, 0.3) is 123 Å². The second-order valence-electron chi connectivity index (χ2n) is 16.6. The maximum atomic E-state index is 6.59. The van der Waals surface area contributed by atoms with Crippen molar-refractivity contribution in [1.29, 1.82) is 0 Å². The Morgan fingerprint density at radius 3 is 1.21 bits per heavy atom. The van der Waals surface area contributed by atoms with Gasteiger partial charge in [0.25, 0.3) is 0 Å². The van der Waals surface area contributed by atoms with E-state index in [4.69, 9.17) is 24.4 Å². The molecule has 3 aromatic heterocycles. The lowest BCUT2D eigenvalue weighted by Gasteiger charge is -2.12. The molecule has 0 saturated heterocycles. The molecule has 0 aliphatic rings. The first kappa shape index (κ1) is 39.5. The molecule has 0 N–H and O–H groups in total. The van der Waals surface area contributed by atoms with Gasteiger partial charge in [-0.05, 0) is 69.8 Å². The van der Waals surface area contributed by atoms with Crippen molar-refractivity contribution in [3.05, 3.63) is 243 Å². The van der Waals surface area contributed by atoms with Crippen molar-refractivity contribution >= 4 is 21.9 Å². The summed E-state index contributed by atoms with van der Waals surface area (Å²) in [7, 11) is 0. The molecule has 9 aromatic carbocycles. The molecule has 0 bridgehead atoms. The molecule has 0 unspecified atom stereocenters.